The zero-order valence-electron chi connectivity index (χ0n) is 14.0. The topological polar surface area (TPSA) is 32.3 Å². The molecular formula is C21H16ClFN2O. The van der Waals surface area contributed by atoms with Crippen molar-refractivity contribution in [3.63, 3.8) is 0 Å². The molecule has 1 N–H and O–H groups in total. The van der Waals surface area contributed by atoms with Crippen molar-refractivity contribution in [2.45, 2.75) is 13.1 Å². The van der Waals surface area contributed by atoms with Crippen molar-refractivity contribution in [2.24, 2.45) is 0 Å². The van der Waals surface area contributed by atoms with E-state index in [2.05, 4.69) is 5.32 Å². The second-order valence-corrected chi connectivity index (χ2v) is 6.68. The number of amides is 1. The number of carbonyl (C=O) groups is 1. The fourth-order valence-electron chi connectivity index (χ4n) is 3.14. The number of hydrogen-bond acceptors (Lipinski definition) is 2. The number of fused-ring (bicyclic) bond motifs is 1. The summed E-state index contributed by atoms with van der Waals surface area (Å²) in [6, 6.07) is 19.6. The second kappa shape index (κ2) is 6.46. The Morgan fingerprint density at radius 2 is 1.77 bits per heavy atom. The van der Waals surface area contributed by atoms with Crippen LogP contribution in [-0.2, 0) is 0 Å². The molecule has 1 aliphatic heterocycles. The third kappa shape index (κ3) is 2.82. The van der Waals surface area contributed by atoms with Gasteiger partial charge in [-0.3, -0.25) is 9.69 Å². The summed E-state index contributed by atoms with van der Waals surface area (Å²) in [6.45, 7) is 2.01. The number of halogens is 2. The third-order valence-electron chi connectivity index (χ3n) is 4.50. The molecule has 0 saturated carbocycles. The van der Waals surface area contributed by atoms with Crippen LogP contribution in [-0.4, -0.2) is 5.91 Å². The fourth-order valence-corrected chi connectivity index (χ4v) is 3.31. The van der Waals surface area contributed by atoms with E-state index in [0.29, 0.717) is 11.3 Å². The van der Waals surface area contributed by atoms with Crippen molar-refractivity contribution < 1.29 is 9.18 Å². The van der Waals surface area contributed by atoms with E-state index < -0.39 is 12.0 Å². The normalized spacial score (nSPS) is 16.2. The molecule has 5 heteroatoms. The van der Waals surface area contributed by atoms with Gasteiger partial charge in [-0.2, -0.15) is 0 Å². The quantitative estimate of drug-likeness (QED) is 0.644. The Balaban J connectivity index is 1.87. The van der Waals surface area contributed by atoms with Crippen molar-refractivity contribution in [1.29, 1.82) is 0 Å². The van der Waals surface area contributed by atoms with Crippen LogP contribution in [0.4, 0.5) is 15.8 Å². The highest BCUT2D eigenvalue weighted by Gasteiger charge is 2.34. The van der Waals surface area contributed by atoms with Crippen molar-refractivity contribution >= 4 is 28.9 Å². The first-order chi connectivity index (χ1) is 12.5. The van der Waals surface area contributed by atoms with E-state index in [0.717, 1.165) is 16.8 Å². The number of benzene rings is 3. The van der Waals surface area contributed by atoms with E-state index in [9.17, 15) is 9.18 Å². The monoisotopic (exact) mass is 366 g/mol. The molecule has 26 heavy (non-hydrogen) atoms. The highest BCUT2D eigenvalue weighted by molar-refractivity contribution is 6.31. The van der Waals surface area contributed by atoms with Crippen molar-refractivity contribution in [3.05, 3.63) is 94.3 Å². The van der Waals surface area contributed by atoms with E-state index in [1.54, 1.807) is 17.0 Å². The predicted molar refractivity (Wildman–Crippen MR) is 102 cm³/mol. The van der Waals surface area contributed by atoms with Crippen LogP contribution in [0, 0.1) is 12.7 Å². The first-order valence-electron chi connectivity index (χ1n) is 8.25. The van der Waals surface area contributed by atoms with Gasteiger partial charge >= 0.3 is 0 Å². The Bertz CT molecular complexity index is 988. The van der Waals surface area contributed by atoms with Gasteiger partial charge in [-0.15, -0.1) is 0 Å². The Hall–Kier alpha value is -2.85. The molecule has 1 unspecified atom stereocenters. The van der Waals surface area contributed by atoms with Gasteiger partial charge in [0.25, 0.3) is 5.91 Å². The minimum absolute atomic E-state index is 0.0168. The maximum Gasteiger partial charge on any atom is 0.262 e. The standard InChI is InChI=1S/C21H16ClFN2O/c1-13-6-8-14(9-7-13)20-24-19-5-3-2-4-16(19)21(26)25(20)15-10-11-18(23)17(22)12-15/h2-12,20,24H,1H3. The van der Waals surface area contributed by atoms with Crippen molar-refractivity contribution in [2.75, 3.05) is 10.2 Å². The van der Waals surface area contributed by atoms with Gasteiger partial charge in [0.15, 0.2) is 0 Å². The highest BCUT2D eigenvalue weighted by Crippen LogP contribution is 2.37. The molecule has 0 radical (unpaired) electrons. The van der Waals surface area contributed by atoms with Crippen LogP contribution in [0.15, 0.2) is 66.7 Å². The summed E-state index contributed by atoms with van der Waals surface area (Å²) < 4.78 is 13.6. The van der Waals surface area contributed by atoms with E-state index >= 15 is 0 Å². The number of nitrogens with one attached hydrogen (secondary N) is 1. The molecule has 3 aromatic rings. The van der Waals surface area contributed by atoms with Crippen LogP contribution in [0.2, 0.25) is 5.02 Å². The lowest BCUT2D eigenvalue weighted by molar-refractivity contribution is 0.0975. The van der Waals surface area contributed by atoms with Gasteiger partial charge < -0.3 is 5.32 Å². The minimum atomic E-state index is -0.514. The SMILES string of the molecule is Cc1ccc(C2Nc3ccccc3C(=O)N2c2ccc(F)c(Cl)c2)cc1. The van der Waals surface area contributed by atoms with Gasteiger partial charge in [-0.1, -0.05) is 53.6 Å². The number of nitrogens with zero attached hydrogens (tertiary/aromatic N) is 1. The molecule has 1 atom stereocenters. The average Bonchev–Trinajstić information content (AvgIpc) is 2.65. The minimum Gasteiger partial charge on any atom is -0.360 e. The molecule has 3 aromatic carbocycles. The van der Waals surface area contributed by atoms with Gasteiger partial charge in [-0.05, 0) is 42.8 Å². The smallest absolute Gasteiger partial charge is 0.262 e. The molecule has 0 saturated heterocycles. The molecule has 0 fully saturated rings. The Kier molecular flexibility index (Phi) is 4.13. The number of hydrogen-bond donors (Lipinski definition) is 1. The zero-order chi connectivity index (χ0) is 18.3. The van der Waals surface area contributed by atoms with E-state index in [1.807, 2.05) is 49.4 Å². The summed E-state index contributed by atoms with van der Waals surface area (Å²) >= 11 is 5.96. The molecule has 4 rings (SSSR count). The van der Waals surface area contributed by atoms with Crippen LogP contribution < -0.4 is 10.2 Å². The van der Waals surface area contributed by atoms with Crippen LogP contribution in [0.3, 0.4) is 0 Å². The van der Waals surface area contributed by atoms with E-state index in [1.165, 1.54) is 12.1 Å². The Morgan fingerprint density at radius 3 is 2.50 bits per heavy atom. The fraction of sp³-hybridized carbons (Fsp3) is 0.0952. The Morgan fingerprint density at radius 1 is 1.04 bits per heavy atom. The molecule has 3 nitrogen and oxygen atoms in total. The molecule has 1 heterocycles. The largest absolute Gasteiger partial charge is 0.360 e. The molecule has 0 aromatic heterocycles. The van der Waals surface area contributed by atoms with Gasteiger partial charge in [0, 0.05) is 11.4 Å². The number of carbonyl (C=O) groups excluding carboxylic acids is 1. The highest BCUT2D eigenvalue weighted by atomic mass is 35.5. The molecular weight excluding hydrogens is 351 g/mol. The number of para-hydroxylation sites is 1. The number of anilines is 2. The van der Waals surface area contributed by atoms with Gasteiger partial charge in [-0.25, -0.2) is 4.39 Å². The average molecular weight is 367 g/mol. The molecule has 130 valence electrons. The summed E-state index contributed by atoms with van der Waals surface area (Å²) in [5, 5.41) is 3.40. The van der Waals surface area contributed by atoms with Crippen LogP contribution in [0.5, 0.6) is 0 Å². The van der Waals surface area contributed by atoms with Crippen LogP contribution >= 0.6 is 11.6 Å². The van der Waals surface area contributed by atoms with Gasteiger partial charge in [0.2, 0.25) is 0 Å². The van der Waals surface area contributed by atoms with Gasteiger partial charge in [0.05, 0.1) is 10.6 Å². The maximum atomic E-state index is 13.6. The van der Waals surface area contributed by atoms with E-state index in [-0.39, 0.29) is 10.9 Å². The lowest BCUT2D eigenvalue weighted by Crippen LogP contribution is -2.43. The molecule has 0 aliphatic carbocycles. The first kappa shape index (κ1) is 16.6. The van der Waals surface area contributed by atoms with Crippen molar-refractivity contribution in [1.82, 2.24) is 0 Å². The molecule has 0 spiro atoms. The number of aryl methyl sites for hydroxylation is 1. The molecule has 1 aliphatic rings. The van der Waals surface area contributed by atoms with Crippen molar-refractivity contribution in [3.8, 4) is 0 Å². The molecule has 1 amide bonds. The predicted octanol–water partition coefficient (Wildman–Crippen LogP) is 5.56. The second-order valence-electron chi connectivity index (χ2n) is 6.28. The lowest BCUT2D eigenvalue weighted by atomic mass is 10.0. The zero-order valence-corrected chi connectivity index (χ0v) is 14.8. The summed E-state index contributed by atoms with van der Waals surface area (Å²) in [7, 11) is 0. The van der Waals surface area contributed by atoms with Crippen LogP contribution in [0.25, 0.3) is 0 Å². The first-order valence-corrected chi connectivity index (χ1v) is 8.63. The molecule has 0 bridgehead atoms. The van der Waals surface area contributed by atoms with Gasteiger partial charge in [0.1, 0.15) is 12.0 Å². The Labute approximate surface area is 156 Å². The number of rotatable bonds is 2. The summed E-state index contributed by atoms with van der Waals surface area (Å²) in [5.41, 5.74) is 3.93. The lowest BCUT2D eigenvalue weighted by Gasteiger charge is -2.38. The van der Waals surface area contributed by atoms with E-state index in [4.69, 9.17) is 11.6 Å². The maximum absolute atomic E-state index is 13.6. The summed E-state index contributed by atoms with van der Waals surface area (Å²) in [6.07, 6.45) is -0.417. The summed E-state index contributed by atoms with van der Waals surface area (Å²) in [4.78, 5) is 14.8. The van der Waals surface area contributed by atoms with Crippen LogP contribution in [0.1, 0.15) is 27.7 Å². The summed E-state index contributed by atoms with van der Waals surface area (Å²) in [5.74, 6) is -0.673. The third-order valence-corrected chi connectivity index (χ3v) is 4.79.